The van der Waals surface area contributed by atoms with Gasteiger partial charge in [-0.2, -0.15) is 0 Å². The van der Waals surface area contributed by atoms with Crippen LogP contribution < -0.4 is 15.6 Å². The molecule has 2 aromatic heterocycles. The van der Waals surface area contributed by atoms with Crippen LogP contribution in [0, 0.1) is 0 Å². The van der Waals surface area contributed by atoms with Gasteiger partial charge in [-0.05, 0) is 12.5 Å². The Hall–Kier alpha value is -2.63. The summed E-state index contributed by atoms with van der Waals surface area (Å²) in [4.78, 5) is 11.7. The van der Waals surface area contributed by atoms with Crippen molar-refractivity contribution in [1.82, 2.24) is 15.0 Å². The number of rotatable bonds is 4. The average Bonchev–Trinajstić information content (AvgIpc) is 2.94. The lowest BCUT2D eigenvalue weighted by atomic mass is 10.1. The SMILES string of the molecule is C[C@H](Cc1ccccc1)Nc1nc2nc[nH]c2c(N)[n+]1C. The third-order valence-electron chi connectivity index (χ3n) is 3.53. The van der Waals surface area contributed by atoms with Crippen molar-refractivity contribution in [3.05, 3.63) is 42.2 Å². The van der Waals surface area contributed by atoms with Gasteiger partial charge in [-0.1, -0.05) is 35.3 Å². The smallest absolute Gasteiger partial charge is 0.337 e. The summed E-state index contributed by atoms with van der Waals surface area (Å²) in [7, 11) is 1.89. The Balaban J connectivity index is 1.82. The first-order valence-electron chi connectivity index (χ1n) is 6.94. The van der Waals surface area contributed by atoms with Crippen molar-refractivity contribution in [3.63, 3.8) is 0 Å². The van der Waals surface area contributed by atoms with Crippen LogP contribution in [0.5, 0.6) is 0 Å². The van der Waals surface area contributed by atoms with Crippen LogP contribution in [-0.4, -0.2) is 21.0 Å². The predicted octanol–water partition coefficient (Wildman–Crippen LogP) is 1.41. The Morgan fingerprint density at radius 1 is 1.33 bits per heavy atom. The minimum Gasteiger partial charge on any atom is -0.337 e. The van der Waals surface area contributed by atoms with Crippen molar-refractivity contribution in [2.45, 2.75) is 19.4 Å². The molecule has 0 aliphatic heterocycles. The van der Waals surface area contributed by atoms with E-state index in [2.05, 4.69) is 39.3 Å². The maximum Gasteiger partial charge on any atom is 0.349 e. The van der Waals surface area contributed by atoms with Crippen LogP contribution in [0.15, 0.2) is 36.7 Å². The number of imidazole rings is 1. The highest BCUT2D eigenvalue weighted by molar-refractivity contribution is 5.79. The molecule has 108 valence electrons. The number of fused-ring (bicyclic) bond motifs is 1. The lowest BCUT2D eigenvalue weighted by Gasteiger charge is -2.12. The van der Waals surface area contributed by atoms with Gasteiger partial charge >= 0.3 is 5.95 Å². The number of aromatic amines is 1. The number of nitrogens with zero attached hydrogens (tertiary/aromatic N) is 3. The lowest BCUT2D eigenvalue weighted by molar-refractivity contribution is -0.643. The van der Waals surface area contributed by atoms with Crippen LogP contribution in [-0.2, 0) is 13.5 Å². The van der Waals surface area contributed by atoms with E-state index >= 15 is 0 Å². The fourth-order valence-corrected chi connectivity index (χ4v) is 2.39. The van der Waals surface area contributed by atoms with Crippen molar-refractivity contribution in [2.24, 2.45) is 7.05 Å². The second-order valence-corrected chi connectivity index (χ2v) is 5.22. The van der Waals surface area contributed by atoms with Gasteiger partial charge < -0.3 is 10.7 Å². The number of anilines is 2. The number of hydrogen-bond donors (Lipinski definition) is 3. The average molecular weight is 283 g/mol. The Morgan fingerprint density at radius 3 is 2.86 bits per heavy atom. The van der Waals surface area contributed by atoms with E-state index in [1.165, 1.54) is 5.56 Å². The first-order valence-corrected chi connectivity index (χ1v) is 6.94. The number of nitrogens with two attached hydrogens (primary N) is 1. The largest absolute Gasteiger partial charge is 0.349 e. The van der Waals surface area contributed by atoms with Gasteiger partial charge in [0.05, 0.1) is 19.4 Å². The first kappa shape index (κ1) is 13.4. The molecule has 3 rings (SSSR count). The highest BCUT2D eigenvalue weighted by Crippen LogP contribution is 2.14. The summed E-state index contributed by atoms with van der Waals surface area (Å²) in [5, 5.41) is 3.40. The molecular weight excluding hydrogens is 264 g/mol. The van der Waals surface area contributed by atoms with E-state index in [1.54, 1.807) is 6.33 Å². The second kappa shape index (κ2) is 5.40. The van der Waals surface area contributed by atoms with Crippen molar-refractivity contribution in [1.29, 1.82) is 0 Å². The van der Waals surface area contributed by atoms with Gasteiger partial charge in [0.15, 0.2) is 5.52 Å². The summed E-state index contributed by atoms with van der Waals surface area (Å²) >= 11 is 0. The Labute approximate surface area is 123 Å². The molecule has 0 aliphatic carbocycles. The van der Waals surface area contributed by atoms with Crippen LogP contribution in [0.2, 0.25) is 0 Å². The molecule has 0 saturated carbocycles. The van der Waals surface area contributed by atoms with Gasteiger partial charge in [0.1, 0.15) is 0 Å². The normalized spacial score (nSPS) is 12.5. The van der Waals surface area contributed by atoms with E-state index in [-0.39, 0.29) is 6.04 Å². The number of nitrogen functional groups attached to an aromatic ring is 1. The first-order chi connectivity index (χ1) is 10.1. The molecule has 1 aromatic carbocycles. The van der Waals surface area contributed by atoms with Crippen molar-refractivity contribution >= 4 is 22.9 Å². The zero-order chi connectivity index (χ0) is 14.8. The monoisotopic (exact) mass is 283 g/mol. The zero-order valence-corrected chi connectivity index (χ0v) is 12.2. The Morgan fingerprint density at radius 2 is 2.10 bits per heavy atom. The summed E-state index contributed by atoms with van der Waals surface area (Å²) in [6.45, 7) is 2.12. The van der Waals surface area contributed by atoms with Gasteiger partial charge in [0.2, 0.25) is 11.5 Å². The van der Waals surface area contributed by atoms with Gasteiger partial charge in [0, 0.05) is 6.42 Å². The molecule has 0 unspecified atom stereocenters. The summed E-state index contributed by atoms with van der Waals surface area (Å²) in [5.41, 5.74) is 8.78. The minimum absolute atomic E-state index is 0.238. The second-order valence-electron chi connectivity index (χ2n) is 5.22. The molecule has 3 aromatic rings. The van der Waals surface area contributed by atoms with Crippen molar-refractivity contribution < 1.29 is 4.57 Å². The fraction of sp³-hybridized carbons (Fsp3) is 0.267. The number of H-pyrrole nitrogens is 1. The summed E-state index contributed by atoms with van der Waals surface area (Å²) in [5.74, 6) is 1.34. The number of nitrogens with one attached hydrogen (secondary N) is 2. The summed E-state index contributed by atoms with van der Waals surface area (Å²) in [6.07, 6.45) is 2.52. The number of benzene rings is 1. The molecule has 4 N–H and O–H groups in total. The van der Waals surface area contributed by atoms with Crippen LogP contribution in [0.4, 0.5) is 11.8 Å². The standard InChI is InChI=1S/C15H18N6/c1-10(8-11-6-4-3-5-7-11)19-15-20-14-12(17-9-18-14)13(16)21(15)2/h3-7,9-10H,8H2,1-2H3,(H3,16,17,18,19,20)/p+1/t10-/m1/s1. The summed E-state index contributed by atoms with van der Waals surface area (Å²) < 4.78 is 1.84. The number of aromatic nitrogens is 4. The predicted molar refractivity (Wildman–Crippen MR) is 82.7 cm³/mol. The maximum atomic E-state index is 6.10. The topological polar surface area (TPSA) is 83.5 Å². The minimum atomic E-state index is 0.238. The highest BCUT2D eigenvalue weighted by Gasteiger charge is 2.18. The van der Waals surface area contributed by atoms with E-state index in [4.69, 9.17) is 5.73 Å². The maximum absolute atomic E-state index is 6.10. The molecule has 1 atom stereocenters. The van der Waals surface area contributed by atoms with E-state index in [0.717, 1.165) is 17.9 Å². The van der Waals surface area contributed by atoms with Crippen molar-refractivity contribution in [3.8, 4) is 0 Å². The molecule has 6 nitrogen and oxygen atoms in total. The molecule has 0 saturated heterocycles. The Kier molecular flexibility index (Phi) is 3.43. The summed E-state index contributed by atoms with van der Waals surface area (Å²) in [6, 6.07) is 10.6. The Bertz CT molecular complexity index is 749. The quantitative estimate of drug-likeness (QED) is 0.632. The molecule has 0 amide bonds. The van der Waals surface area contributed by atoms with Gasteiger partial charge in [-0.25, -0.2) is 9.55 Å². The number of hydrogen-bond acceptors (Lipinski definition) is 4. The molecule has 0 spiro atoms. The molecule has 0 aliphatic rings. The zero-order valence-electron chi connectivity index (χ0n) is 12.2. The molecule has 21 heavy (non-hydrogen) atoms. The van der Waals surface area contributed by atoms with Gasteiger partial charge in [-0.15, -0.1) is 0 Å². The molecule has 0 bridgehead atoms. The van der Waals surface area contributed by atoms with Crippen molar-refractivity contribution in [2.75, 3.05) is 11.1 Å². The molecule has 0 fully saturated rings. The third-order valence-corrected chi connectivity index (χ3v) is 3.53. The van der Waals surface area contributed by atoms with E-state index in [1.807, 2.05) is 29.8 Å². The van der Waals surface area contributed by atoms with Crippen LogP contribution in [0.25, 0.3) is 11.2 Å². The van der Waals surface area contributed by atoms with E-state index < -0.39 is 0 Å². The van der Waals surface area contributed by atoms with E-state index in [0.29, 0.717) is 11.5 Å². The van der Waals surface area contributed by atoms with Crippen LogP contribution in [0.1, 0.15) is 12.5 Å². The van der Waals surface area contributed by atoms with Crippen LogP contribution >= 0.6 is 0 Å². The van der Waals surface area contributed by atoms with E-state index in [9.17, 15) is 0 Å². The molecule has 6 heteroatoms. The van der Waals surface area contributed by atoms with Crippen LogP contribution in [0.3, 0.4) is 0 Å². The van der Waals surface area contributed by atoms with Gasteiger partial charge in [0.25, 0.3) is 0 Å². The molecular formula is C15H19N6+. The fourth-order valence-electron chi connectivity index (χ4n) is 2.39. The van der Waals surface area contributed by atoms with Gasteiger partial charge in [-0.3, -0.25) is 5.32 Å². The molecule has 2 heterocycles. The molecule has 0 radical (unpaired) electrons. The highest BCUT2D eigenvalue weighted by atomic mass is 15.2. The third kappa shape index (κ3) is 2.65. The lowest BCUT2D eigenvalue weighted by Crippen LogP contribution is -2.39.